The number of hydrogen-bond donors (Lipinski definition) is 2. The van der Waals surface area contributed by atoms with Crippen LogP contribution in [0.5, 0.6) is 5.75 Å². The summed E-state index contributed by atoms with van der Waals surface area (Å²) in [6.45, 7) is 3.94. The molecule has 29 heavy (non-hydrogen) atoms. The first-order chi connectivity index (χ1) is 14.1. The van der Waals surface area contributed by atoms with Gasteiger partial charge in [0, 0.05) is 24.3 Å². The number of piperidine rings is 1. The van der Waals surface area contributed by atoms with Gasteiger partial charge in [0.15, 0.2) is 0 Å². The van der Waals surface area contributed by atoms with Crippen LogP contribution < -0.4 is 15.8 Å². The van der Waals surface area contributed by atoms with Crippen molar-refractivity contribution in [2.24, 2.45) is 0 Å². The van der Waals surface area contributed by atoms with E-state index in [1.165, 1.54) is 0 Å². The van der Waals surface area contributed by atoms with E-state index in [2.05, 4.69) is 12.2 Å². The van der Waals surface area contributed by atoms with Gasteiger partial charge in [-0.3, -0.25) is 0 Å². The molecular weight excluding hydrogens is 366 g/mol. The van der Waals surface area contributed by atoms with Crippen molar-refractivity contribution in [3.63, 3.8) is 0 Å². The van der Waals surface area contributed by atoms with Gasteiger partial charge in [0.25, 0.3) is 0 Å². The molecule has 1 fully saturated rings. The van der Waals surface area contributed by atoms with Gasteiger partial charge in [-0.05, 0) is 62.1 Å². The first kappa shape index (κ1) is 21.0. The smallest absolute Gasteiger partial charge is 0.410 e. The number of anilines is 1. The number of nitrogen functional groups attached to an aromatic ring is 1. The Bertz CT molecular complexity index is 797. The fourth-order valence-electron chi connectivity index (χ4n) is 3.77. The van der Waals surface area contributed by atoms with Crippen molar-refractivity contribution in [3.05, 3.63) is 59.7 Å². The predicted octanol–water partition coefficient (Wildman–Crippen LogP) is 3.60. The summed E-state index contributed by atoms with van der Waals surface area (Å²) < 4.78 is 10.8. The maximum absolute atomic E-state index is 12.4. The molecule has 3 N–H and O–H groups in total. The van der Waals surface area contributed by atoms with Crippen LogP contribution in [-0.4, -0.2) is 43.3 Å². The molecule has 2 aromatic rings. The minimum atomic E-state index is -0.232. The molecule has 6 heteroatoms. The molecule has 0 radical (unpaired) electrons. The van der Waals surface area contributed by atoms with Crippen LogP contribution in [0, 0.1) is 0 Å². The van der Waals surface area contributed by atoms with Crippen LogP contribution >= 0.6 is 0 Å². The number of carbonyl (C=O) groups excluding carboxylic acids is 1. The summed E-state index contributed by atoms with van der Waals surface area (Å²) in [5, 5.41) is 3.61. The number of nitrogens with one attached hydrogen (secondary N) is 1. The Hall–Kier alpha value is -2.73. The number of nitrogens with zero attached hydrogens (tertiary/aromatic N) is 1. The van der Waals surface area contributed by atoms with Crippen LogP contribution in [0.4, 0.5) is 10.5 Å². The summed E-state index contributed by atoms with van der Waals surface area (Å²) in [4.78, 5) is 14.3. The van der Waals surface area contributed by atoms with Gasteiger partial charge in [0.2, 0.25) is 0 Å². The van der Waals surface area contributed by atoms with Gasteiger partial charge in [-0.15, -0.1) is 0 Å². The SMILES string of the molecule is COc1ccc(N)c(CCNC2CCN(C(=O)OCc3ccccc3)C(C)C2)c1. The summed E-state index contributed by atoms with van der Waals surface area (Å²) >= 11 is 0. The van der Waals surface area contributed by atoms with E-state index in [-0.39, 0.29) is 12.1 Å². The average molecular weight is 398 g/mol. The molecule has 0 aromatic heterocycles. The van der Waals surface area contributed by atoms with Gasteiger partial charge in [-0.1, -0.05) is 30.3 Å². The molecule has 0 bridgehead atoms. The first-order valence-corrected chi connectivity index (χ1v) is 10.2. The van der Waals surface area contributed by atoms with Crippen molar-refractivity contribution in [2.75, 3.05) is 25.9 Å². The molecule has 0 spiro atoms. The molecular formula is C23H31N3O3. The fourth-order valence-corrected chi connectivity index (χ4v) is 3.77. The van der Waals surface area contributed by atoms with Crippen molar-refractivity contribution in [1.29, 1.82) is 0 Å². The molecule has 156 valence electrons. The van der Waals surface area contributed by atoms with Gasteiger partial charge in [-0.25, -0.2) is 4.79 Å². The summed E-state index contributed by atoms with van der Waals surface area (Å²) in [5.74, 6) is 0.824. The van der Waals surface area contributed by atoms with Crippen molar-refractivity contribution >= 4 is 11.8 Å². The molecule has 1 heterocycles. The summed E-state index contributed by atoms with van der Waals surface area (Å²) in [6, 6.07) is 16.0. The van der Waals surface area contributed by atoms with E-state index in [0.717, 1.165) is 48.4 Å². The van der Waals surface area contributed by atoms with E-state index in [0.29, 0.717) is 19.2 Å². The highest BCUT2D eigenvalue weighted by molar-refractivity contribution is 5.68. The van der Waals surface area contributed by atoms with Crippen LogP contribution in [0.1, 0.15) is 30.9 Å². The highest BCUT2D eigenvalue weighted by atomic mass is 16.6. The van der Waals surface area contributed by atoms with Crippen LogP contribution in [0.15, 0.2) is 48.5 Å². The Labute approximate surface area is 173 Å². The number of carbonyl (C=O) groups is 1. The molecule has 1 aliphatic rings. The quantitative estimate of drug-likeness (QED) is 0.698. The molecule has 1 aliphatic heterocycles. The van der Waals surface area contributed by atoms with Crippen molar-refractivity contribution in [1.82, 2.24) is 10.2 Å². The zero-order chi connectivity index (χ0) is 20.6. The number of likely N-dealkylation sites (tertiary alicyclic amines) is 1. The zero-order valence-corrected chi connectivity index (χ0v) is 17.3. The van der Waals surface area contributed by atoms with Gasteiger partial charge in [0.1, 0.15) is 12.4 Å². The van der Waals surface area contributed by atoms with E-state index in [4.69, 9.17) is 15.2 Å². The lowest BCUT2D eigenvalue weighted by Crippen LogP contribution is -2.50. The number of rotatable bonds is 7. The largest absolute Gasteiger partial charge is 0.497 e. The monoisotopic (exact) mass is 397 g/mol. The fraction of sp³-hybridized carbons (Fsp3) is 0.435. The lowest BCUT2D eigenvalue weighted by molar-refractivity contribution is 0.0662. The number of benzene rings is 2. The topological polar surface area (TPSA) is 76.8 Å². The first-order valence-electron chi connectivity index (χ1n) is 10.2. The third kappa shape index (κ3) is 5.87. The molecule has 2 aromatic carbocycles. The molecule has 0 aliphatic carbocycles. The molecule has 1 amide bonds. The molecule has 2 atom stereocenters. The molecule has 6 nitrogen and oxygen atoms in total. The third-order valence-electron chi connectivity index (χ3n) is 5.49. The maximum atomic E-state index is 12.4. The second kappa shape index (κ2) is 10.2. The molecule has 1 saturated heterocycles. The van der Waals surface area contributed by atoms with Gasteiger partial charge < -0.3 is 25.4 Å². The number of methoxy groups -OCH3 is 1. The highest BCUT2D eigenvalue weighted by Gasteiger charge is 2.29. The highest BCUT2D eigenvalue weighted by Crippen LogP contribution is 2.21. The normalized spacial score (nSPS) is 19.0. The number of amides is 1. The van der Waals surface area contributed by atoms with E-state index in [1.807, 2.05) is 53.4 Å². The standard InChI is InChI=1S/C23H31N3O3/c1-17-14-20(25-12-10-19-15-21(28-2)8-9-22(19)24)11-13-26(17)23(27)29-16-18-6-4-3-5-7-18/h3-9,15,17,20,25H,10-14,16,24H2,1-2H3. The van der Waals surface area contributed by atoms with Crippen LogP contribution in [0.2, 0.25) is 0 Å². The lowest BCUT2D eigenvalue weighted by atomic mass is 9.98. The van der Waals surface area contributed by atoms with Crippen molar-refractivity contribution < 1.29 is 14.3 Å². The summed E-state index contributed by atoms with van der Waals surface area (Å²) in [6.07, 6.45) is 2.44. The Morgan fingerprint density at radius 3 is 2.76 bits per heavy atom. The van der Waals surface area contributed by atoms with Crippen LogP contribution in [0.3, 0.4) is 0 Å². The maximum Gasteiger partial charge on any atom is 0.410 e. The molecule has 3 rings (SSSR count). The Morgan fingerprint density at radius 1 is 1.24 bits per heavy atom. The number of nitrogens with two attached hydrogens (primary N) is 1. The van der Waals surface area contributed by atoms with E-state index in [1.54, 1.807) is 7.11 Å². The van der Waals surface area contributed by atoms with Crippen molar-refractivity contribution in [3.8, 4) is 5.75 Å². The Balaban J connectivity index is 1.42. The van der Waals surface area contributed by atoms with Crippen molar-refractivity contribution in [2.45, 2.75) is 44.9 Å². The van der Waals surface area contributed by atoms with Gasteiger partial charge >= 0.3 is 6.09 Å². The molecule has 0 saturated carbocycles. The van der Waals surface area contributed by atoms with Gasteiger partial charge in [-0.2, -0.15) is 0 Å². The van der Waals surface area contributed by atoms with Gasteiger partial charge in [0.05, 0.1) is 7.11 Å². The summed E-state index contributed by atoms with van der Waals surface area (Å²) in [7, 11) is 1.66. The van der Waals surface area contributed by atoms with E-state index < -0.39 is 0 Å². The Kier molecular flexibility index (Phi) is 7.36. The van der Waals surface area contributed by atoms with Crippen LogP contribution in [-0.2, 0) is 17.8 Å². The Morgan fingerprint density at radius 2 is 2.03 bits per heavy atom. The number of hydrogen-bond acceptors (Lipinski definition) is 5. The second-order valence-electron chi connectivity index (χ2n) is 7.57. The second-order valence-corrected chi connectivity index (χ2v) is 7.57. The minimum absolute atomic E-state index is 0.145. The average Bonchev–Trinajstić information content (AvgIpc) is 2.74. The van der Waals surface area contributed by atoms with Crippen LogP contribution in [0.25, 0.3) is 0 Å². The predicted molar refractivity (Wildman–Crippen MR) is 115 cm³/mol. The third-order valence-corrected chi connectivity index (χ3v) is 5.49. The summed E-state index contributed by atoms with van der Waals surface area (Å²) in [5.41, 5.74) is 8.95. The number of ether oxygens (including phenoxy) is 2. The minimum Gasteiger partial charge on any atom is -0.497 e. The van der Waals surface area contributed by atoms with E-state index >= 15 is 0 Å². The molecule has 2 unspecified atom stereocenters. The van der Waals surface area contributed by atoms with E-state index in [9.17, 15) is 4.79 Å². The lowest BCUT2D eigenvalue weighted by Gasteiger charge is -2.37. The zero-order valence-electron chi connectivity index (χ0n) is 17.3.